The van der Waals surface area contributed by atoms with E-state index >= 15 is 0 Å². The third-order valence-corrected chi connectivity index (χ3v) is 7.62. The van der Waals surface area contributed by atoms with E-state index < -0.39 is 0 Å². The van der Waals surface area contributed by atoms with Crippen LogP contribution in [0.3, 0.4) is 0 Å². The molecule has 0 bridgehead atoms. The maximum atomic E-state index is 12.9. The van der Waals surface area contributed by atoms with Crippen LogP contribution in [0.15, 0.2) is 52.9 Å². The van der Waals surface area contributed by atoms with Crippen LogP contribution < -0.4 is 0 Å². The van der Waals surface area contributed by atoms with Crippen molar-refractivity contribution in [1.82, 2.24) is 30.5 Å². The summed E-state index contributed by atoms with van der Waals surface area (Å²) in [6.07, 6.45) is 7.42. The van der Waals surface area contributed by atoms with Gasteiger partial charge in [0, 0.05) is 35.0 Å². The number of thiophene rings is 1. The second kappa shape index (κ2) is 9.90. The van der Waals surface area contributed by atoms with Gasteiger partial charge in [-0.2, -0.15) is 5.21 Å². The van der Waals surface area contributed by atoms with E-state index in [0.717, 1.165) is 58.4 Å². The summed E-state index contributed by atoms with van der Waals surface area (Å²) in [5.41, 5.74) is 3.15. The molecular weight excluding hydrogens is 472 g/mol. The summed E-state index contributed by atoms with van der Waals surface area (Å²) in [6.45, 7) is 0.632. The lowest BCUT2D eigenvalue weighted by Crippen LogP contribution is -2.29. The van der Waals surface area contributed by atoms with E-state index in [4.69, 9.17) is 12.2 Å². The molecule has 1 N–H and O–H groups in total. The van der Waals surface area contributed by atoms with Gasteiger partial charge in [-0.05, 0) is 48.1 Å². The molecule has 0 saturated carbocycles. The number of fused-ring (bicyclic) bond motifs is 1. The van der Waals surface area contributed by atoms with Crippen molar-refractivity contribution in [3.8, 4) is 11.1 Å². The third-order valence-electron chi connectivity index (χ3n) is 5.36. The quantitative estimate of drug-likeness (QED) is 0.208. The van der Waals surface area contributed by atoms with Crippen LogP contribution in [0.25, 0.3) is 28.1 Å². The van der Waals surface area contributed by atoms with E-state index in [2.05, 4.69) is 49.2 Å². The summed E-state index contributed by atoms with van der Waals surface area (Å²) in [7, 11) is 0. The van der Waals surface area contributed by atoms with E-state index in [1.165, 1.54) is 11.8 Å². The molecule has 0 spiro atoms. The summed E-state index contributed by atoms with van der Waals surface area (Å²) in [4.78, 5) is 20.9. The van der Waals surface area contributed by atoms with Crippen LogP contribution in [0, 0.1) is 0 Å². The zero-order chi connectivity index (χ0) is 22.6. The average Bonchev–Trinajstić information content (AvgIpc) is 3.57. The normalized spacial score (nSPS) is 15.3. The minimum Gasteiger partial charge on any atom is -0.293 e. The molecule has 33 heavy (non-hydrogen) atoms. The molecule has 3 aromatic heterocycles. The predicted octanol–water partition coefficient (Wildman–Crippen LogP) is 5.09. The molecular formula is C23H20N6OS3. The van der Waals surface area contributed by atoms with Crippen molar-refractivity contribution in [2.45, 2.75) is 25.7 Å². The number of unbranched alkanes of at least 4 members (excludes halogenated alkanes) is 2. The Bertz CT molecular complexity index is 1330. The molecule has 1 aliphatic heterocycles. The number of thiocarbonyl (C=S) groups is 1. The Morgan fingerprint density at radius 3 is 2.91 bits per heavy atom. The highest BCUT2D eigenvalue weighted by atomic mass is 32.2. The predicted molar refractivity (Wildman–Crippen MR) is 137 cm³/mol. The molecule has 7 nitrogen and oxygen atoms in total. The van der Waals surface area contributed by atoms with Crippen LogP contribution >= 0.6 is 35.3 Å². The molecule has 0 aliphatic carbocycles. The van der Waals surface area contributed by atoms with Crippen LogP contribution in [0.5, 0.6) is 0 Å². The molecule has 1 aromatic carbocycles. The lowest BCUT2D eigenvalue weighted by atomic mass is 10.1. The van der Waals surface area contributed by atoms with Crippen LogP contribution in [0.1, 0.15) is 30.0 Å². The number of hydrogen-bond donors (Lipinski definition) is 1. The Balaban J connectivity index is 1.21. The van der Waals surface area contributed by atoms with Crippen molar-refractivity contribution in [1.29, 1.82) is 0 Å². The van der Waals surface area contributed by atoms with Crippen LogP contribution in [0.4, 0.5) is 0 Å². The number of H-pyrrole nitrogens is 1. The van der Waals surface area contributed by atoms with Gasteiger partial charge in [-0.3, -0.25) is 14.7 Å². The highest BCUT2D eigenvalue weighted by molar-refractivity contribution is 8.26. The van der Waals surface area contributed by atoms with E-state index in [1.54, 1.807) is 16.2 Å². The number of aromatic amines is 1. The molecule has 0 radical (unpaired) electrons. The van der Waals surface area contributed by atoms with Crippen molar-refractivity contribution in [2.75, 3.05) is 6.54 Å². The first-order valence-electron chi connectivity index (χ1n) is 10.6. The molecule has 4 heterocycles. The summed E-state index contributed by atoms with van der Waals surface area (Å²) in [6, 6.07) is 12.3. The molecule has 1 amide bonds. The maximum absolute atomic E-state index is 12.9. The molecule has 0 unspecified atom stereocenters. The van der Waals surface area contributed by atoms with Gasteiger partial charge in [-0.25, -0.2) is 0 Å². The van der Waals surface area contributed by atoms with Gasteiger partial charge in [0.25, 0.3) is 5.91 Å². The van der Waals surface area contributed by atoms with Gasteiger partial charge in [0.15, 0.2) is 5.82 Å². The lowest BCUT2D eigenvalue weighted by molar-refractivity contribution is -0.122. The van der Waals surface area contributed by atoms with Crippen molar-refractivity contribution in [3.63, 3.8) is 0 Å². The van der Waals surface area contributed by atoms with Gasteiger partial charge in [0.05, 0.1) is 10.4 Å². The SMILES string of the molecule is O=C1/C(=C/c2cc(-c3cnc4ccccc4c3)cs2)SC(=S)N1CCCCCc1nn[nH]n1. The second-order valence-corrected chi connectivity index (χ2v) is 10.2. The van der Waals surface area contributed by atoms with Gasteiger partial charge >= 0.3 is 0 Å². The monoisotopic (exact) mass is 492 g/mol. The Labute approximate surface area is 204 Å². The number of nitrogens with one attached hydrogen (secondary N) is 1. The number of carbonyl (C=O) groups excluding carboxylic acids is 1. The number of carbonyl (C=O) groups is 1. The van der Waals surface area contributed by atoms with Crippen molar-refractivity contribution in [2.24, 2.45) is 0 Å². The molecule has 1 aliphatic rings. The van der Waals surface area contributed by atoms with E-state index in [9.17, 15) is 4.79 Å². The minimum atomic E-state index is -0.00881. The number of amides is 1. The van der Waals surface area contributed by atoms with Crippen LogP contribution in [-0.2, 0) is 11.2 Å². The summed E-state index contributed by atoms with van der Waals surface area (Å²) >= 11 is 8.46. The van der Waals surface area contributed by atoms with Crippen LogP contribution in [-0.4, -0.2) is 47.3 Å². The number of rotatable bonds is 8. The second-order valence-electron chi connectivity index (χ2n) is 7.63. The van der Waals surface area contributed by atoms with Gasteiger partial charge in [-0.1, -0.05) is 53.8 Å². The van der Waals surface area contributed by atoms with Crippen LogP contribution in [0.2, 0.25) is 0 Å². The summed E-state index contributed by atoms with van der Waals surface area (Å²) in [5.74, 6) is 0.712. The number of hydrogen-bond acceptors (Lipinski definition) is 8. The number of aromatic nitrogens is 5. The fraction of sp³-hybridized carbons (Fsp3) is 0.217. The highest BCUT2D eigenvalue weighted by Gasteiger charge is 2.31. The standard InChI is InChI=1S/C23H20N6OS3/c30-22-20(33-23(31)29(22)9-5-1-2-8-21-25-27-28-26-21)12-18-11-17(14-32-18)16-10-15-6-3-4-7-19(15)24-13-16/h3-4,6-7,10-14H,1-2,5,8-9H2,(H,25,26,27,28)/b20-12-. The number of thioether (sulfide) groups is 1. The first kappa shape index (κ1) is 21.9. The number of tetrazole rings is 1. The molecule has 166 valence electrons. The Morgan fingerprint density at radius 2 is 2.03 bits per heavy atom. The zero-order valence-electron chi connectivity index (χ0n) is 17.6. The Hall–Kier alpha value is -2.95. The van der Waals surface area contributed by atoms with Crippen molar-refractivity contribution in [3.05, 3.63) is 63.6 Å². The first-order valence-corrected chi connectivity index (χ1v) is 12.7. The Morgan fingerprint density at radius 1 is 1.12 bits per heavy atom. The van der Waals surface area contributed by atoms with Crippen molar-refractivity contribution >= 4 is 62.5 Å². The zero-order valence-corrected chi connectivity index (χ0v) is 20.1. The highest BCUT2D eigenvalue weighted by Crippen LogP contribution is 2.35. The molecule has 5 rings (SSSR count). The molecule has 4 aromatic rings. The molecule has 1 fully saturated rings. The number of para-hydroxylation sites is 1. The fourth-order valence-corrected chi connectivity index (χ4v) is 5.87. The molecule has 1 saturated heterocycles. The summed E-state index contributed by atoms with van der Waals surface area (Å²) in [5, 5.41) is 17.1. The average molecular weight is 493 g/mol. The third kappa shape index (κ3) is 5.02. The largest absolute Gasteiger partial charge is 0.293 e. The van der Waals surface area contributed by atoms with Gasteiger partial charge in [0.1, 0.15) is 4.32 Å². The number of benzene rings is 1. The number of aryl methyl sites for hydroxylation is 1. The van der Waals surface area contributed by atoms with Gasteiger partial charge in [0.2, 0.25) is 0 Å². The number of pyridine rings is 1. The first-order chi connectivity index (χ1) is 16.2. The van der Waals surface area contributed by atoms with Gasteiger partial charge < -0.3 is 0 Å². The summed E-state index contributed by atoms with van der Waals surface area (Å²) < 4.78 is 0.625. The fourth-order valence-electron chi connectivity index (χ4n) is 3.65. The number of nitrogens with zero attached hydrogens (tertiary/aromatic N) is 5. The van der Waals surface area contributed by atoms with Gasteiger partial charge in [-0.15, -0.1) is 21.5 Å². The van der Waals surface area contributed by atoms with E-state index in [1.807, 2.05) is 30.5 Å². The smallest absolute Gasteiger partial charge is 0.266 e. The molecule has 10 heteroatoms. The van der Waals surface area contributed by atoms with Crippen molar-refractivity contribution < 1.29 is 4.79 Å². The lowest BCUT2D eigenvalue weighted by Gasteiger charge is -2.13. The Kier molecular flexibility index (Phi) is 6.56. The van der Waals surface area contributed by atoms with E-state index in [0.29, 0.717) is 15.8 Å². The minimum absolute atomic E-state index is 0.00881. The molecule has 0 atom stereocenters. The topological polar surface area (TPSA) is 87.7 Å². The maximum Gasteiger partial charge on any atom is 0.266 e. The van der Waals surface area contributed by atoms with E-state index in [-0.39, 0.29) is 5.91 Å².